The average Bonchev–Trinajstić information content (AvgIpc) is 2.91. The zero-order chi connectivity index (χ0) is 15.0. The van der Waals surface area contributed by atoms with Crippen LogP contribution in [-0.2, 0) is 4.74 Å². The topological polar surface area (TPSA) is 65.2 Å². The third kappa shape index (κ3) is 2.46. The number of oxazole rings is 1. The number of carbonyl (C=O) groups is 1. The Morgan fingerprint density at radius 2 is 2.14 bits per heavy atom. The van der Waals surface area contributed by atoms with Crippen molar-refractivity contribution in [3.8, 4) is 11.5 Å². The minimum atomic E-state index is -0.553. The van der Waals surface area contributed by atoms with Crippen molar-refractivity contribution >= 4 is 40.3 Å². The van der Waals surface area contributed by atoms with Crippen LogP contribution in [0.25, 0.3) is 22.6 Å². The number of fused-ring (bicyclic) bond motifs is 1. The molecule has 0 atom stereocenters. The van der Waals surface area contributed by atoms with Gasteiger partial charge in [0.05, 0.1) is 23.3 Å². The fourth-order valence-electron chi connectivity index (χ4n) is 1.91. The van der Waals surface area contributed by atoms with E-state index in [2.05, 4.69) is 9.97 Å². The summed E-state index contributed by atoms with van der Waals surface area (Å²) >= 11 is 11.9. The SMILES string of the molecule is COC(=O)c1cc(Cl)ncc1-c1nc2cccc(Cl)c2o1. The third-order valence-corrected chi connectivity index (χ3v) is 3.38. The average molecular weight is 323 g/mol. The summed E-state index contributed by atoms with van der Waals surface area (Å²) < 4.78 is 10.4. The summed E-state index contributed by atoms with van der Waals surface area (Å²) in [7, 11) is 1.28. The summed E-state index contributed by atoms with van der Waals surface area (Å²) in [6, 6.07) is 6.62. The minimum Gasteiger partial charge on any atom is -0.465 e. The second kappa shape index (κ2) is 5.35. The highest BCUT2D eigenvalue weighted by Crippen LogP contribution is 2.31. The molecule has 0 saturated heterocycles. The van der Waals surface area contributed by atoms with Crippen molar-refractivity contribution in [2.24, 2.45) is 0 Å². The summed E-state index contributed by atoms with van der Waals surface area (Å²) in [5.41, 5.74) is 1.64. The molecule has 2 aromatic heterocycles. The smallest absolute Gasteiger partial charge is 0.338 e. The van der Waals surface area contributed by atoms with Crippen LogP contribution in [0, 0.1) is 0 Å². The number of aromatic nitrogens is 2. The van der Waals surface area contributed by atoms with Gasteiger partial charge in [-0.05, 0) is 18.2 Å². The molecule has 0 saturated carbocycles. The Hall–Kier alpha value is -2.11. The number of carbonyl (C=O) groups excluding carboxylic acids is 1. The molecule has 106 valence electrons. The molecule has 0 spiro atoms. The van der Waals surface area contributed by atoms with E-state index in [4.69, 9.17) is 32.4 Å². The van der Waals surface area contributed by atoms with Gasteiger partial charge >= 0.3 is 5.97 Å². The molecular weight excluding hydrogens is 315 g/mol. The maximum Gasteiger partial charge on any atom is 0.338 e. The fraction of sp³-hybridized carbons (Fsp3) is 0.0714. The Morgan fingerprint density at radius 3 is 2.86 bits per heavy atom. The highest BCUT2D eigenvalue weighted by molar-refractivity contribution is 6.34. The summed E-state index contributed by atoms with van der Waals surface area (Å²) in [5.74, 6) is -0.328. The number of hydrogen-bond acceptors (Lipinski definition) is 5. The number of ether oxygens (including phenoxy) is 1. The van der Waals surface area contributed by atoms with Crippen molar-refractivity contribution in [3.05, 3.63) is 46.2 Å². The number of esters is 1. The number of pyridine rings is 1. The Morgan fingerprint density at radius 1 is 1.33 bits per heavy atom. The summed E-state index contributed by atoms with van der Waals surface area (Å²) in [6.07, 6.45) is 1.41. The van der Waals surface area contributed by atoms with Gasteiger partial charge in [-0.15, -0.1) is 0 Å². The van der Waals surface area contributed by atoms with Gasteiger partial charge in [-0.25, -0.2) is 14.8 Å². The summed E-state index contributed by atoms with van der Waals surface area (Å²) in [6.45, 7) is 0. The molecule has 21 heavy (non-hydrogen) atoms. The Labute approximate surface area is 129 Å². The third-order valence-electron chi connectivity index (χ3n) is 2.87. The van der Waals surface area contributed by atoms with E-state index in [1.54, 1.807) is 18.2 Å². The van der Waals surface area contributed by atoms with E-state index in [-0.39, 0.29) is 16.6 Å². The molecule has 0 amide bonds. The maximum atomic E-state index is 11.8. The Bertz CT molecular complexity index is 845. The van der Waals surface area contributed by atoms with E-state index in [0.29, 0.717) is 21.7 Å². The largest absolute Gasteiger partial charge is 0.465 e. The lowest BCUT2D eigenvalue weighted by molar-refractivity contribution is 0.0601. The first-order chi connectivity index (χ1) is 10.1. The molecule has 0 unspecified atom stereocenters. The second-order valence-corrected chi connectivity index (χ2v) is 4.95. The number of para-hydroxylation sites is 1. The van der Waals surface area contributed by atoms with Crippen molar-refractivity contribution in [2.45, 2.75) is 0 Å². The quantitative estimate of drug-likeness (QED) is 0.527. The fourth-order valence-corrected chi connectivity index (χ4v) is 2.28. The molecular formula is C14H8Cl2N2O3. The highest BCUT2D eigenvalue weighted by Gasteiger charge is 2.19. The number of halogens is 2. The van der Waals surface area contributed by atoms with Crippen LogP contribution >= 0.6 is 23.2 Å². The van der Waals surface area contributed by atoms with Crippen LogP contribution in [0.3, 0.4) is 0 Å². The van der Waals surface area contributed by atoms with Gasteiger partial charge in [0.25, 0.3) is 0 Å². The molecule has 1 aromatic carbocycles. The van der Waals surface area contributed by atoms with E-state index < -0.39 is 5.97 Å². The van der Waals surface area contributed by atoms with E-state index in [1.165, 1.54) is 19.4 Å². The lowest BCUT2D eigenvalue weighted by Gasteiger charge is -2.04. The van der Waals surface area contributed by atoms with Gasteiger partial charge in [0.1, 0.15) is 10.7 Å². The van der Waals surface area contributed by atoms with E-state index in [0.717, 1.165) is 0 Å². The molecule has 0 radical (unpaired) electrons. The van der Waals surface area contributed by atoms with Crippen LogP contribution in [0.5, 0.6) is 0 Å². The highest BCUT2D eigenvalue weighted by atomic mass is 35.5. The summed E-state index contributed by atoms with van der Waals surface area (Å²) in [5, 5.41) is 0.612. The molecule has 7 heteroatoms. The molecule has 0 aliphatic rings. The van der Waals surface area contributed by atoms with Gasteiger partial charge in [0, 0.05) is 6.20 Å². The Balaban J connectivity index is 2.23. The van der Waals surface area contributed by atoms with Crippen LogP contribution in [0.1, 0.15) is 10.4 Å². The van der Waals surface area contributed by atoms with Crippen LogP contribution in [-0.4, -0.2) is 23.0 Å². The second-order valence-electron chi connectivity index (χ2n) is 4.15. The normalized spacial score (nSPS) is 10.8. The van der Waals surface area contributed by atoms with Crippen LogP contribution in [0.2, 0.25) is 10.2 Å². The predicted molar refractivity (Wildman–Crippen MR) is 78.6 cm³/mol. The number of rotatable bonds is 2. The van der Waals surface area contributed by atoms with Gasteiger partial charge < -0.3 is 9.15 Å². The predicted octanol–water partition coefficient (Wildman–Crippen LogP) is 3.98. The molecule has 3 rings (SSSR count). The number of nitrogens with zero attached hydrogens (tertiary/aromatic N) is 2. The zero-order valence-corrected chi connectivity index (χ0v) is 12.3. The molecule has 2 heterocycles. The maximum absolute atomic E-state index is 11.8. The first kappa shape index (κ1) is 13.9. The van der Waals surface area contributed by atoms with E-state index >= 15 is 0 Å². The van der Waals surface area contributed by atoms with Crippen LogP contribution in [0.15, 0.2) is 34.9 Å². The van der Waals surface area contributed by atoms with Crippen molar-refractivity contribution in [3.63, 3.8) is 0 Å². The van der Waals surface area contributed by atoms with Crippen LogP contribution < -0.4 is 0 Å². The van der Waals surface area contributed by atoms with E-state index in [1.807, 2.05) is 0 Å². The summed E-state index contributed by atoms with van der Waals surface area (Å²) in [4.78, 5) is 20.1. The first-order valence-corrected chi connectivity index (χ1v) is 6.65. The molecule has 0 N–H and O–H groups in total. The minimum absolute atomic E-state index is 0.174. The van der Waals surface area contributed by atoms with Crippen molar-refractivity contribution in [1.82, 2.24) is 9.97 Å². The van der Waals surface area contributed by atoms with Gasteiger partial charge in [0.15, 0.2) is 5.58 Å². The van der Waals surface area contributed by atoms with Gasteiger partial charge in [-0.1, -0.05) is 29.3 Å². The van der Waals surface area contributed by atoms with Gasteiger partial charge in [-0.3, -0.25) is 0 Å². The van der Waals surface area contributed by atoms with Crippen LogP contribution in [0.4, 0.5) is 0 Å². The zero-order valence-electron chi connectivity index (χ0n) is 10.8. The molecule has 5 nitrogen and oxygen atoms in total. The van der Waals surface area contributed by atoms with E-state index in [9.17, 15) is 4.79 Å². The lowest BCUT2D eigenvalue weighted by Crippen LogP contribution is -2.04. The standard InChI is InChI=1S/C14H8Cl2N2O3/c1-20-14(19)7-5-11(16)17-6-8(7)13-18-10-4-2-3-9(15)12(10)21-13/h2-6H,1H3. The molecule has 0 aliphatic heterocycles. The van der Waals surface area contributed by atoms with Crippen molar-refractivity contribution in [1.29, 1.82) is 0 Å². The first-order valence-electron chi connectivity index (χ1n) is 5.89. The van der Waals surface area contributed by atoms with Gasteiger partial charge in [0.2, 0.25) is 5.89 Å². The molecule has 0 bridgehead atoms. The number of methoxy groups -OCH3 is 1. The molecule has 3 aromatic rings. The number of benzene rings is 1. The Kier molecular flexibility index (Phi) is 3.53. The lowest BCUT2D eigenvalue weighted by atomic mass is 10.1. The monoisotopic (exact) mass is 322 g/mol. The number of hydrogen-bond donors (Lipinski definition) is 0. The van der Waals surface area contributed by atoms with Crippen molar-refractivity contribution in [2.75, 3.05) is 7.11 Å². The van der Waals surface area contributed by atoms with Crippen molar-refractivity contribution < 1.29 is 13.9 Å². The molecule has 0 aliphatic carbocycles. The van der Waals surface area contributed by atoms with Gasteiger partial charge in [-0.2, -0.15) is 0 Å². The molecule has 0 fully saturated rings.